The fourth-order valence-corrected chi connectivity index (χ4v) is 3.39. The third kappa shape index (κ3) is 2.52. The van der Waals surface area contributed by atoms with Crippen LogP contribution >= 0.6 is 11.6 Å². The number of aromatic amines is 2. The Kier molecular flexibility index (Phi) is 3.66. The molecule has 0 amide bonds. The highest BCUT2D eigenvalue weighted by atomic mass is 35.5. The number of rotatable bonds is 2. The molecule has 0 bridgehead atoms. The average Bonchev–Trinajstić information content (AvgIpc) is 2.48. The quantitative estimate of drug-likeness (QED) is 0.660. The van der Waals surface area contributed by atoms with E-state index in [9.17, 15) is 9.59 Å². The van der Waals surface area contributed by atoms with E-state index in [1.807, 2.05) is 12.1 Å². The summed E-state index contributed by atoms with van der Waals surface area (Å²) in [6.45, 7) is 0. The van der Waals surface area contributed by atoms with E-state index in [-0.39, 0.29) is 5.38 Å². The molecule has 1 aliphatic carbocycles. The van der Waals surface area contributed by atoms with Crippen molar-refractivity contribution in [2.24, 2.45) is 5.92 Å². The fraction of sp³-hybridized carbons (Fsp3) is 0.467. The molecule has 4 nitrogen and oxygen atoms in total. The van der Waals surface area contributed by atoms with Gasteiger partial charge in [-0.05, 0) is 36.5 Å². The highest BCUT2D eigenvalue weighted by Crippen LogP contribution is 2.39. The number of halogens is 1. The zero-order valence-corrected chi connectivity index (χ0v) is 11.9. The maximum atomic E-state index is 11.4. The summed E-state index contributed by atoms with van der Waals surface area (Å²) >= 11 is 6.59. The summed E-state index contributed by atoms with van der Waals surface area (Å²) in [6.07, 6.45) is 6.10. The molecule has 1 aliphatic rings. The molecule has 5 heteroatoms. The highest BCUT2D eigenvalue weighted by Gasteiger charge is 2.23. The second-order valence-electron chi connectivity index (χ2n) is 5.51. The van der Waals surface area contributed by atoms with Gasteiger partial charge in [-0.1, -0.05) is 25.3 Å². The van der Waals surface area contributed by atoms with Crippen LogP contribution in [0.3, 0.4) is 0 Å². The summed E-state index contributed by atoms with van der Waals surface area (Å²) in [5.41, 5.74) is 1.02. The molecule has 1 heterocycles. The van der Waals surface area contributed by atoms with Crippen LogP contribution in [-0.4, -0.2) is 9.97 Å². The Labute approximate surface area is 121 Å². The molecule has 0 aliphatic heterocycles. The molecule has 106 valence electrons. The van der Waals surface area contributed by atoms with E-state index in [2.05, 4.69) is 9.97 Å². The second-order valence-corrected chi connectivity index (χ2v) is 5.98. The summed E-state index contributed by atoms with van der Waals surface area (Å²) in [5, 5.41) is -0.0323. The van der Waals surface area contributed by atoms with Crippen LogP contribution < -0.4 is 11.1 Å². The lowest BCUT2D eigenvalue weighted by Crippen LogP contribution is -2.28. The van der Waals surface area contributed by atoms with E-state index in [1.165, 1.54) is 19.3 Å². The predicted octanol–water partition coefficient (Wildman–Crippen LogP) is 3.08. The van der Waals surface area contributed by atoms with Crippen LogP contribution in [0.5, 0.6) is 0 Å². The molecule has 0 spiro atoms. The Hall–Kier alpha value is -1.55. The molecular formula is C15H17ClN2O2. The van der Waals surface area contributed by atoms with Gasteiger partial charge in [0.1, 0.15) is 0 Å². The largest absolute Gasteiger partial charge is 0.316 e. The van der Waals surface area contributed by atoms with Gasteiger partial charge in [0.2, 0.25) is 0 Å². The lowest BCUT2D eigenvalue weighted by molar-refractivity contribution is 0.348. The van der Waals surface area contributed by atoms with E-state index in [0.29, 0.717) is 17.0 Å². The standard InChI is InChI=1S/C15H17ClN2O2/c16-13(9-4-2-1-3-5-9)10-6-7-11-12(8-10)18-15(20)14(19)17-11/h6-9,13H,1-5H2,(H,17,19)(H,18,20). The Balaban J connectivity index is 1.97. The molecular weight excluding hydrogens is 276 g/mol. The third-order valence-corrected chi connectivity index (χ3v) is 4.74. The molecule has 2 N–H and O–H groups in total. The van der Waals surface area contributed by atoms with Gasteiger partial charge in [0, 0.05) is 0 Å². The monoisotopic (exact) mass is 292 g/mol. The number of nitrogens with one attached hydrogen (secondary N) is 2. The number of alkyl halides is 1. The van der Waals surface area contributed by atoms with Crippen LogP contribution in [0.15, 0.2) is 27.8 Å². The summed E-state index contributed by atoms with van der Waals surface area (Å²) in [7, 11) is 0. The van der Waals surface area contributed by atoms with Crippen molar-refractivity contribution in [2.45, 2.75) is 37.5 Å². The van der Waals surface area contributed by atoms with Crippen LogP contribution in [0.1, 0.15) is 43.0 Å². The van der Waals surface area contributed by atoms with Gasteiger partial charge < -0.3 is 9.97 Å². The van der Waals surface area contributed by atoms with Crippen LogP contribution in [0, 0.1) is 5.92 Å². The summed E-state index contributed by atoms with van der Waals surface area (Å²) in [4.78, 5) is 27.8. The van der Waals surface area contributed by atoms with Crippen molar-refractivity contribution in [3.8, 4) is 0 Å². The molecule has 1 aromatic heterocycles. The Bertz CT molecular complexity index is 728. The molecule has 0 saturated heterocycles. The van der Waals surface area contributed by atoms with Gasteiger partial charge in [0.25, 0.3) is 0 Å². The van der Waals surface area contributed by atoms with Crippen molar-refractivity contribution >= 4 is 22.6 Å². The van der Waals surface area contributed by atoms with Crippen molar-refractivity contribution in [3.05, 3.63) is 44.5 Å². The number of hydrogen-bond donors (Lipinski definition) is 2. The normalized spacial score (nSPS) is 18.2. The molecule has 1 saturated carbocycles. The molecule has 0 radical (unpaired) electrons. The second kappa shape index (κ2) is 5.44. The van der Waals surface area contributed by atoms with Gasteiger partial charge in [-0.2, -0.15) is 0 Å². The zero-order chi connectivity index (χ0) is 14.1. The van der Waals surface area contributed by atoms with Crippen molar-refractivity contribution in [2.75, 3.05) is 0 Å². The Morgan fingerprint density at radius 2 is 1.65 bits per heavy atom. The molecule has 1 aromatic carbocycles. The maximum absolute atomic E-state index is 11.4. The van der Waals surface area contributed by atoms with Gasteiger partial charge >= 0.3 is 11.1 Å². The minimum atomic E-state index is -0.626. The SMILES string of the molecule is O=c1[nH]c2ccc(C(Cl)C3CCCCC3)cc2[nH]c1=O. The van der Waals surface area contributed by atoms with Gasteiger partial charge in [0.05, 0.1) is 16.4 Å². The lowest BCUT2D eigenvalue weighted by Gasteiger charge is -2.26. The topological polar surface area (TPSA) is 65.7 Å². The van der Waals surface area contributed by atoms with Crippen LogP contribution in [-0.2, 0) is 0 Å². The smallest absolute Gasteiger partial charge is 0.314 e. The van der Waals surface area contributed by atoms with Crippen LogP contribution in [0.2, 0.25) is 0 Å². The Morgan fingerprint density at radius 3 is 2.35 bits per heavy atom. The minimum absolute atomic E-state index is 0.0323. The fourth-order valence-electron chi connectivity index (χ4n) is 3.00. The minimum Gasteiger partial charge on any atom is -0.316 e. The Morgan fingerprint density at radius 1 is 1.00 bits per heavy atom. The molecule has 1 unspecified atom stereocenters. The first-order chi connectivity index (χ1) is 9.65. The molecule has 20 heavy (non-hydrogen) atoms. The van der Waals surface area contributed by atoms with Crippen molar-refractivity contribution in [1.29, 1.82) is 0 Å². The molecule has 2 aromatic rings. The van der Waals surface area contributed by atoms with E-state index in [0.717, 1.165) is 18.4 Å². The van der Waals surface area contributed by atoms with Crippen molar-refractivity contribution < 1.29 is 0 Å². The molecule has 1 atom stereocenters. The van der Waals surface area contributed by atoms with E-state index in [1.54, 1.807) is 6.07 Å². The zero-order valence-electron chi connectivity index (χ0n) is 11.1. The maximum Gasteiger partial charge on any atom is 0.314 e. The number of hydrogen-bond acceptors (Lipinski definition) is 2. The number of aromatic nitrogens is 2. The van der Waals surface area contributed by atoms with Gasteiger partial charge in [-0.25, -0.2) is 0 Å². The third-order valence-electron chi connectivity index (χ3n) is 4.13. The number of fused-ring (bicyclic) bond motifs is 1. The van der Waals surface area contributed by atoms with Crippen LogP contribution in [0.25, 0.3) is 11.0 Å². The number of H-pyrrole nitrogens is 2. The van der Waals surface area contributed by atoms with E-state index < -0.39 is 11.1 Å². The van der Waals surface area contributed by atoms with Crippen molar-refractivity contribution in [1.82, 2.24) is 9.97 Å². The van der Waals surface area contributed by atoms with Gasteiger partial charge in [0.15, 0.2) is 0 Å². The summed E-state index contributed by atoms with van der Waals surface area (Å²) in [5.74, 6) is 0.498. The first-order valence-corrected chi connectivity index (χ1v) is 7.49. The van der Waals surface area contributed by atoms with Gasteiger partial charge in [-0.3, -0.25) is 9.59 Å². The van der Waals surface area contributed by atoms with E-state index >= 15 is 0 Å². The van der Waals surface area contributed by atoms with Crippen molar-refractivity contribution in [3.63, 3.8) is 0 Å². The highest BCUT2D eigenvalue weighted by molar-refractivity contribution is 6.21. The van der Waals surface area contributed by atoms with Gasteiger partial charge in [-0.15, -0.1) is 11.6 Å². The molecule has 1 fully saturated rings. The summed E-state index contributed by atoms with van der Waals surface area (Å²) < 4.78 is 0. The lowest BCUT2D eigenvalue weighted by atomic mass is 9.84. The average molecular weight is 293 g/mol. The molecule has 3 rings (SSSR count). The summed E-state index contributed by atoms with van der Waals surface area (Å²) in [6, 6.07) is 5.61. The number of benzene rings is 1. The predicted molar refractivity (Wildman–Crippen MR) is 80.4 cm³/mol. The first kappa shape index (κ1) is 13.4. The van der Waals surface area contributed by atoms with Crippen LogP contribution in [0.4, 0.5) is 0 Å². The van der Waals surface area contributed by atoms with E-state index in [4.69, 9.17) is 11.6 Å². The first-order valence-electron chi connectivity index (χ1n) is 7.05.